The summed E-state index contributed by atoms with van der Waals surface area (Å²) in [6.45, 7) is 0. The number of sulfone groups is 1. The Labute approximate surface area is 135 Å². The second kappa shape index (κ2) is 5.85. The molecule has 0 amide bonds. The molecule has 0 aromatic heterocycles. The van der Waals surface area contributed by atoms with Gasteiger partial charge in [-0.1, -0.05) is 46.9 Å². The molecule has 4 nitrogen and oxygen atoms in total. The highest BCUT2D eigenvalue weighted by Gasteiger charge is 2.27. The summed E-state index contributed by atoms with van der Waals surface area (Å²) in [7, 11) is -4.14. The van der Waals surface area contributed by atoms with Crippen molar-refractivity contribution in [2.75, 3.05) is 0 Å². The fourth-order valence-electron chi connectivity index (χ4n) is 1.71. The highest BCUT2D eigenvalue weighted by molar-refractivity contribution is 7.91. The van der Waals surface area contributed by atoms with E-state index in [0.717, 1.165) is 6.07 Å². The Morgan fingerprint density at radius 1 is 0.905 bits per heavy atom. The molecule has 0 fully saturated rings. The number of carboxylic acids is 1. The van der Waals surface area contributed by atoms with Gasteiger partial charge < -0.3 is 5.11 Å². The van der Waals surface area contributed by atoms with Gasteiger partial charge in [-0.15, -0.1) is 0 Å². The summed E-state index contributed by atoms with van der Waals surface area (Å²) in [5.74, 6) is -1.36. The maximum absolute atomic E-state index is 12.6. The van der Waals surface area contributed by atoms with Crippen LogP contribution in [0.2, 0.25) is 15.1 Å². The third kappa shape index (κ3) is 3.01. The van der Waals surface area contributed by atoms with E-state index < -0.39 is 15.8 Å². The molecule has 0 aliphatic carbocycles. The fraction of sp³-hybridized carbons (Fsp3) is 0. The van der Waals surface area contributed by atoms with Gasteiger partial charge in [0.15, 0.2) is 0 Å². The van der Waals surface area contributed by atoms with Gasteiger partial charge in [-0.3, -0.25) is 0 Å². The molecule has 0 spiro atoms. The van der Waals surface area contributed by atoms with Crippen LogP contribution in [0.4, 0.5) is 0 Å². The van der Waals surface area contributed by atoms with E-state index in [1.807, 2.05) is 0 Å². The van der Waals surface area contributed by atoms with Crippen molar-refractivity contribution in [1.82, 2.24) is 0 Å². The number of carboxylic acid groups (broad SMARTS) is 1. The number of hydrogen-bond donors (Lipinski definition) is 1. The Morgan fingerprint density at radius 3 is 2.10 bits per heavy atom. The molecule has 0 aliphatic heterocycles. The van der Waals surface area contributed by atoms with Crippen molar-refractivity contribution < 1.29 is 18.3 Å². The minimum absolute atomic E-state index is 0.00690. The van der Waals surface area contributed by atoms with E-state index in [0.29, 0.717) is 0 Å². The first-order valence-electron chi connectivity index (χ1n) is 5.47. The van der Waals surface area contributed by atoms with Crippen LogP contribution in [0.3, 0.4) is 0 Å². The summed E-state index contributed by atoms with van der Waals surface area (Å²) in [6.07, 6.45) is 0. The lowest BCUT2D eigenvalue weighted by atomic mass is 10.2. The number of rotatable bonds is 3. The molecule has 0 bridgehead atoms. The van der Waals surface area contributed by atoms with Crippen molar-refractivity contribution in [2.24, 2.45) is 0 Å². The van der Waals surface area contributed by atoms with E-state index >= 15 is 0 Å². The maximum Gasteiger partial charge on any atom is 0.337 e. The second-order valence-electron chi connectivity index (χ2n) is 4.00. The summed E-state index contributed by atoms with van der Waals surface area (Å²) >= 11 is 17.5. The predicted octanol–water partition coefficient (Wildman–Crippen LogP) is 4.18. The van der Waals surface area contributed by atoms with Crippen molar-refractivity contribution in [1.29, 1.82) is 0 Å². The minimum atomic E-state index is -4.14. The van der Waals surface area contributed by atoms with Gasteiger partial charge in [-0.05, 0) is 24.3 Å². The van der Waals surface area contributed by atoms with Crippen LogP contribution in [-0.2, 0) is 9.84 Å². The lowest BCUT2D eigenvalue weighted by Gasteiger charge is -2.10. The first kappa shape index (κ1) is 16.1. The van der Waals surface area contributed by atoms with Gasteiger partial charge in [0.05, 0.1) is 30.4 Å². The Hall–Kier alpha value is -1.27. The summed E-state index contributed by atoms with van der Waals surface area (Å²) in [4.78, 5) is 10.5. The molecule has 21 heavy (non-hydrogen) atoms. The van der Waals surface area contributed by atoms with Crippen molar-refractivity contribution in [2.45, 2.75) is 9.79 Å². The van der Waals surface area contributed by atoms with Gasteiger partial charge in [0.25, 0.3) is 0 Å². The monoisotopic (exact) mass is 364 g/mol. The largest absolute Gasteiger partial charge is 0.478 e. The van der Waals surface area contributed by atoms with Crippen LogP contribution in [0.5, 0.6) is 0 Å². The number of hydrogen-bond acceptors (Lipinski definition) is 3. The Balaban J connectivity index is 2.75. The van der Waals surface area contributed by atoms with Gasteiger partial charge in [0, 0.05) is 0 Å². The molecular weight excluding hydrogens is 359 g/mol. The van der Waals surface area contributed by atoms with Gasteiger partial charge in [0.2, 0.25) is 9.84 Å². The Morgan fingerprint density at radius 2 is 1.48 bits per heavy atom. The highest BCUT2D eigenvalue weighted by Crippen LogP contribution is 2.35. The van der Waals surface area contributed by atoms with E-state index in [-0.39, 0.29) is 30.4 Å². The number of benzene rings is 2. The van der Waals surface area contributed by atoms with Crippen LogP contribution < -0.4 is 0 Å². The van der Waals surface area contributed by atoms with Gasteiger partial charge in [-0.25, -0.2) is 13.2 Å². The van der Waals surface area contributed by atoms with E-state index in [9.17, 15) is 13.2 Å². The molecule has 0 saturated heterocycles. The van der Waals surface area contributed by atoms with E-state index in [1.165, 1.54) is 30.3 Å². The molecule has 2 aromatic rings. The molecule has 0 unspecified atom stereocenters. The van der Waals surface area contributed by atoms with Crippen LogP contribution >= 0.6 is 34.8 Å². The standard InChI is InChI=1S/C13H7Cl3O4S/c14-8-5-10(16)12(6-9(8)15)21(19,20)11-4-2-1-3-7(11)13(17)18/h1-6H,(H,17,18). The van der Waals surface area contributed by atoms with Crippen molar-refractivity contribution >= 4 is 50.6 Å². The molecular formula is C13H7Cl3O4S. The third-order valence-electron chi connectivity index (χ3n) is 2.67. The maximum atomic E-state index is 12.6. The van der Waals surface area contributed by atoms with E-state index in [2.05, 4.69) is 0 Å². The normalized spacial score (nSPS) is 11.4. The zero-order valence-electron chi connectivity index (χ0n) is 10.2. The van der Waals surface area contributed by atoms with Crippen LogP contribution in [0, 0.1) is 0 Å². The molecule has 0 heterocycles. The molecule has 0 atom stereocenters. The summed E-state index contributed by atoms with van der Waals surface area (Å²) in [6, 6.07) is 7.53. The fourth-order valence-corrected chi connectivity index (χ4v) is 4.15. The summed E-state index contributed by atoms with van der Waals surface area (Å²) in [5, 5.41) is 9.08. The quantitative estimate of drug-likeness (QED) is 0.828. The number of aromatic carboxylic acids is 1. The minimum Gasteiger partial charge on any atom is -0.478 e. The van der Waals surface area contributed by atoms with Crippen molar-refractivity contribution in [3.63, 3.8) is 0 Å². The molecule has 8 heteroatoms. The third-order valence-corrected chi connectivity index (χ3v) is 5.67. The molecule has 1 N–H and O–H groups in total. The number of halogens is 3. The molecule has 0 saturated carbocycles. The lowest BCUT2D eigenvalue weighted by molar-refractivity contribution is 0.0692. The van der Waals surface area contributed by atoms with Crippen LogP contribution in [-0.4, -0.2) is 19.5 Å². The van der Waals surface area contributed by atoms with E-state index in [1.54, 1.807) is 0 Å². The van der Waals surface area contributed by atoms with Gasteiger partial charge >= 0.3 is 5.97 Å². The summed E-state index contributed by atoms with van der Waals surface area (Å²) < 4.78 is 25.2. The van der Waals surface area contributed by atoms with Crippen molar-refractivity contribution in [3.8, 4) is 0 Å². The molecule has 110 valence electrons. The number of carbonyl (C=O) groups is 1. The SMILES string of the molecule is O=C(O)c1ccccc1S(=O)(=O)c1cc(Cl)c(Cl)cc1Cl. The average molecular weight is 366 g/mol. The predicted molar refractivity (Wildman–Crippen MR) is 80.3 cm³/mol. The van der Waals surface area contributed by atoms with Gasteiger partial charge in [-0.2, -0.15) is 0 Å². The molecule has 0 aliphatic rings. The van der Waals surface area contributed by atoms with Crippen LogP contribution in [0.25, 0.3) is 0 Å². The highest BCUT2D eigenvalue weighted by atomic mass is 35.5. The zero-order valence-corrected chi connectivity index (χ0v) is 13.3. The van der Waals surface area contributed by atoms with Crippen molar-refractivity contribution in [3.05, 3.63) is 57.0 Å². The summed E-state index contributed by atoms with van der Waals surface area (Å²) in [5.41, 5.74) is -0.348. The lowest BCUT2D eigenvalue weighted by Crippen LogP contribution is -2.10. The Kier molecular flexibility index (Phi) is 4.49. The first-order chi connectivity index (χ1) is 9.75. The van der Waals surface area contributed by atoms with Crippen LogP contribution in [0.1, 0.15) is 10.4 Å². The van der Waals surface area contributed by atoms with E-state index in [4.69, 9.17) is 39.9 Å². The first-order valence-corrected chi connectivity index (χ1v) is 8.09. The molecule has 2 rings (SSSR count). The zero-order chi connectivity index (χ0) is 15.8. The Bertz CT molecular complexity index is 831. The molecule has 2 aromatic carbocycles. The average Bonchev–Trinajstić information content (AvgIpc) is 2.42. The second-order valence-corrected chi connectivity index (χ2v) is 7.11. The topological polar surface area (TPSA) is 71.4 Å². The van der Waals surface area contributed by atoms with Crippen LogP contribution in [0.15, 0.2) is 46.2 Å². The smallest absolute Gasteiger partial charge is 0.337 e. The van der Waals surface area contributed by atoms with Gasteiger partial charge in [0.1, 0.15) is 0 Å². The molecule has 0 radical (unpaired) electrons.